The van der Waals surface area contributed by atoms with Gasteiger partial charge in [-0.1, -0.05) is 12.1 Å². The summed E-state index contributed by atoms with van der Waals surface area (Å²) in [6.45, 7) is 0. The molecule has 108 valence electrons. The lowest BCUT2D eigenvalue weighted by molar-refractivity contribution is -0.138. The number of nitrogens with two attached hydrogens (primary N) is 1. The van der Waals surface area contributed by atoms with E-state index in [9.17, 15) is 13.2 Å². The maximum Gasteiger partial charge on any atom is 0.419 e. The first-order valence-corrected chi connectivity index (χ1v) is 6.01. The number of hydrogen-bond donors (Lipinski definition) is 1. The highest BCUT2D eigenvalue weighted by molar-refractivity contribution is 5.52. The van der Waals surface area contributed by atoms with Crippen LogP contribution in [0, 0.1) is 11.3 Å². The molecule has 0 unspecified atom stereocenters. The SMILES string of the molecule is N#CCc1cc(Oc2ccccc2C(F)(F)F)ccc1N. The van der Waals surface area contributed by atoms with E-state index in [1.54, 1.807) is 0 Å². The third-order valence-corrected chi connectivity index (χ3v) is 2.80. The Bertz CT molecular complexity index is 690. The van der Waals surface area contributed by atoms with E-state index in [2.05, 4.69) is 0 Å². The Labute approximate surface area is 119 Å². The van der Waals surface area contributed by atoms with Crippen LogP contribution in [-0.4, -0.2) is 0 Å². The molecule has 0 aliphatic carbocycles. The summed E-state index contributed by atoms with van der Waals surface area (Å²) in [6, 6.07) is 11.3. The van der Waals surface area contributed by atoms with Crippen molar-refractivity contribution in [2.45, 2.75) is 12.6 Å². The number of benzene rings is 2. The fraction of sp³-hybridized carbons (Fsp3) is 0.133. The number of hydrogen-bond acceptors (Lipinski definition) is 3. The second kappa shape index (κ2) is 5.75. The molecule has 2 aromatic rings. The minimum Gasteiger partial charge on any atom is -0.457 e. The first kappa shape index (κ1) is 14.7. The Hall–Kier alpha value is -2.68. The van der Waals surface area contributed by atoms with Crippen LogP contribution in [0.4, 0.5) is 18.9 Å². The molecule has 0 radical (unpaired) electrons. The van der Waals surface area contributed by atoms with Crippen molar-refractivity contribution < 1.29 is 17.9 Å². The largest absolute Gasteiger partial charge is 0.457 e. The van der Waals surface area contributed by atoms with Crippen LogP contribution in [-0.2, 0) is 12.6 Å². The molecule has 0 saturated carbocycles. The van der Waals surface area contributed by atoms with Gasteiger partial charge >= 0.3 is 6.18 Å². The highest BCUT2D eigenvalue weighted by Gasteiger charge is 2.34. The minimum absolute atomic E-state index is 0.0595. The van der Waals surface area contributed by atoms with Gasteiger partial charge in [-0.2, -0.15) is 18.4 Å². The molecule has 0 saturated heterocycles. The zero-order valence-corrected chi connectivity index (χ0v) is 10.8. The molecule has 0 heterocycles. The maximum absolute atomic E-state index is 12.9. The van der Waals surface area contributed by atoms with Crippen molar-refractivity contribution in [2.24, 2.45) is 0 Å². The summed E-state index contributed by atoms with van der Waals surface area (Å²) in [5, 5.41) is 8.68. The molecule has 3 nitrogen and oxygen atoms in total. The lowest BCUT2D eigenvalue weighted by atomic mass is 10.1. The quantitative estimate of drug-likeness (QED) is 0.865. The maximum atomic E-state index is 12.9. The fourth-order valence-electron chi connectivity index (χ4n) is 1.80. The molecule has 0 aliphatic rings. The van der Waals surface area contributed by atoms with Crippen LogP contribution < -0.4 is 10.5 Å². The molecule has 6 heteroatoms. The molecular weight excluding hydrogens is 281 g/mol. The van der Waals surface area contributed by atoms with Crippen molar-refractivity contribution in [1.82, 2.24) is 0 Å². The predicted molar refractivity (Wildman–Crippen MR) is 71.7 cm³/mol. The standard InChI is InChI=1S/C15H11F3N2O/c16-15(17,18)12-3-1-2-4-14(12)21-11-5-6-13(20)10(9-11)7-8-19/h1-6,9H,7,20H2. The molecule has 2 rings (SSSR count). The first-order valence-electron chi connectivity index (χ1n) is 6.01. The van der Waals surface area contributed by atoms with Gasteiger partial charge in [-0.15, -0.1) is 0 Å². The zero-order chi connectivity index (χ0) is 15.5. The molecule has 0 amide bonds. The van der Waals surface area contributed by atoms with E-state index >= 15 is 0 Å². The number of para-hydroxylation sites is 1. The van der Waals surface area contributed by atoms with Crippen molar-refractivity contribution in [3.63, 3.8) is 0 Å². The third-order valence-electron chi connectivity index (χ3n) is 2.80. The summed E-state index contributed by atoms with van der Waals surface area (Å²) in [7, 11) is 0. The van der Waals surface area contributed by atoms with Gasteiger partial charge in [-0.05, 0) is 35.9 Å². The average Bonchev–Trinajstić information content (AvgIpc) is 2.42. The molecule has 2 aromatic carbocycles. The molecular formula is C15H11F3N2O. The van der Waals surface area contributed by atoms with Crippen LogP contribution in [0.1, 0.15) is 11.1 Å². The van der Waals surface area contributed by atoms with E-state index in [0.29, 0.717) is 11.3 Å². The van der Waals surface area contributed by atoms with Crippen LogP contribution >= 0.6 is 0 Å². The van der Waals surface area contributed by atoms with Gasteiger partial charge in [0, 0.05) is 5.69 Å². The van der Waals surface area contributed by atoms with Gasteiger partial charge in [0.1, 0.15) is 11.5 Å². The number of ether oxygens (including phenoxy) is 1. The molecule has 0 aromatic heterocycles. The minimum atomic E-state index is -4.50. The van der Waals surface area contributed by atoms with Gasteiger partial charge in [0.2, 0.25) is 0 Å². The van der Waals surface area contributed by atoms with Gasteiger partial charge < -0.3 is 10.5 Å². The van der Waals surface area contributed by atoms with Gasteiger partial charge in [0.15, 0.2) is 0 Å². The third kappa shape index (κ3) is 3.45. The number of alkyl halides is 3. The molecule has 0 aliphatic heterocycles. The summed E-state index contributed by atoms with van der Waals surface area (Å²) < 4.78 is 43.9. The number of anilines is 1. The Morgan fingerprint density at radius 1 is 1.14 bits per heavy atom. The van der Waals surface area contributed by atoms with Crippen LogP contribution in [0.2, 0.25) is 0 Å². The highest BCUT2D eigenvalue weighted by Crippen LogP contribution is 2.38. The van der Waals surface area contributed by atoms with Crippen LogP contribution in [0.15, 0.2) is 42.5 Å². The number of nitriles is 1. The molecule has 0 fully saturated rings. The van der Waals surface area contributed by atoms with Crippen molar-refractivity contribution in [3.8, 4) is 17.6 Å². The van der Waals surface area contributed by atoms with Gasteiger partial charge in [0.05, 0.1) is 18.1 Å². The van der Waals surface area contributed by atoms with Crippen molar-refractivity contribution >= 4 is 5.69 Å². The molecule has 2 N–H and O–H groups in total. The highest BCUT2D eigenvalue weighted by atomic mass is 19.4. The molecule has 21 heavy (non-hydrogen) atoms. The molecule has 0 spiro atoms. The monoisotopic (exact) mass is 292 g/mol. The summed E-state index contributed by atoms with van der Waals surface area (Å²) in [5.74, 6) is -0.0937. The lowest BCUT2D eigenvalue weighted by Gasteiger charge is -2.14. The van der Waals surface area contributed by atoms with Gasteiger partial charge in [-0.25, -0.2) is 0 Å². The van der Waals surface area contributed by atoms with Crippen molar-refractivity contribution in [1.29, 1.82) is 5.26 Å². The van der Waals surface area contributed by atoms with E-state index in [-0.39, 0.29) is 17.9 Å². The Balaban J connectivity index is 2.35. The van der Waals surface area contributed by atoms with E-state index in [1.807, 2.05) is 6.07 Å². The smallest absolute Gasteiger partial charge is 0.419 e. The molecule has 0 bridgehead atoms. The summed E-state index contributed by atoms with van der Waals surface area (Å²) in [5.41, 5.74) is 5.73. The van der Waals surface area contributed by atoms with Crippen LogP contribution in [0.25, 0.3) is 0 Å². The summed E-state index contributed by atoms with van der Waals surface area (Å²) in [4.78, 5) is 0. The van der Waals surface area contributed by atoms with Crippen LogP contribution in [0.3, 0.4) is 0 Å². The number of halogens is 3. The summed E-state index contributed by atoms with van der Waals surface area (Å²) in [6.07, 6.45) is -4.44. The van der Waals surface area contributed by atoms with Gasteiger partial charge in [-0.3, -0.25) is 0 Å². The first-order chi connectivity index (χ1) is 9.91. The lowest BCUT2D eigenvalue weighted by Crippen LogP contribution is -2.06. The normalized spacial score (nSPS) is 11.0. The Morgan fingerprint density at radius 3 is 2.52 bits per heavy atom. The Kier molecular flexibility index (Phi) is 4.03. The number of nitrogen functional groups attached to an aromatic ring is 1. The van der Waals surface area contributed by atoms with Crippen molar-refractivity contribution in [3.05, 3.63) is 53.6 Å². The number of nitrogens with zero attached hydrogens (tertiary/aromatic N) is 1. The van der Waals surface area contributed by atoms with E-state index in [4.69, 9.17) is 15.7 Å². The van der Waals surface area contributed by atoms with E-state index in [1.165, 1.54) is 36.4 Å². The van der Waals surface area contributed by atoms with Crippen LogP contribution in [0.5, 0.6) is 11.5 Å². The fourth-order valence-corrected chi connectivity index (χ4v) is 1.80. The van der Waals surface area contributed by atoms with Crippen molar-refractivity contribution in [2.75, 3.05) is 5.73 Å². The van der Waals surface area contributed by atoms with E-state index in [0.717, 1.165) is 6.07 Å². The number of rotatable bonds is 3. The second-order valence-electron chi connectivity index (χ2n) is 4.29. The average molecular weight is 292 g/mol. The topological polar surface area (TPSA) is 59.0 Å². The predicted octanol–water partition coefficient (Wildman–Crippen LogP) is 4.15. The Morgan fingerprint density at radius 2 is 1.86 bits per heavy atom. The second-order valence-corrected chi connectivity index (χ2v) is 4.29. The molecule has 0 atom stereocenters. The van der Waals surface area contributed by atoms with E-state index < -0.39 is 11.7 Å². The summed E-state index contributed by atoms with van der Waals surface area (Å²) >= 11 is 0. The zero-order valence-electron chi connectivity index (χ0n) is 10.8. The van der Waals surface area contributed by atoms with Gasteiger partial charge in [0.25, 0.3) is 0 Å².